The highest BCUT2D eigenvalue weighted by Crippen LogP contribution is 2.23. The molecular weight excluding hydrogens is 364 g/mol. The van der Waals surface area contributed by atoms with Gasteiger partial charge in [-0.3, -0.25) is 4.79 Å². The summed E-state index contributed by atoms with van der Waals surface area (Å²) < 4.78 is 11.3. The van der Waals surface area contributed by atoms with E-state index in [1.165, 1.54) is 0 Å². The number of thiocarbonyl (C=S) groups is 1. The van der Waals surface area contributed by atoms with Crippen LogP contribution in [0, 0.1) is 0 Å². The summed E-state index contributed by atoms with van der Waals surface area (Å²) in [6.45, 7) is 11.0. The van der Waals surface area contributed by atoms with Crippen LogP contribution in [0.15, 0.2) is 24.3 Å². The summed E-state index contributed by atoms with van der Waals surface area (Å²) >= 11 is 4.89. The number of benzene rings is 1. The minimum absolute atomic E-state index is 0.262. The zero-order valence-electron chi connectivity index (χ0n) is 16.9. The lowest BCUT2D eigenvalue weighted by atomic mass is 10.1. The summed E-state index contributed by atoms with van der Waals surface area (Å²) in [5.41, 5.74) is 4.76. The fraction of sp³-hybridized carbons (Fsp3) is 0.550. The molecule has 1 unspecified atom stereocenters. The van der Waals surface area contributed by atoms with Gasteiger partial charge in [0, 0.05) is 6.42 Å². The Morgan fingerprint density at radius 3 is 2.22 bits per heavy atom. The van der Waals surface area contributed by atoms with Gasteiger partial charge in [-0.1, -0.05) is 24.4 Å². The molecule has 27 heavy (non-hydrogen) atoms. The third kappa shape index (κ3) is 8.86. The van der Waals surface area contributed by atoms with Gasteiger partial charge in [0.2, 0.25) is 0 Å². The lowest BCUT2D eigenvalue weighted by molar-refractivity contribution is -0.157. The van der Waals surface area contributed by atoms with E-state index in [0.717, 1.165) is 0 Å². The van der Waals surface area contributed by atoms with Crippen molar-refractivity contribution in [2.24, 2.45) is 5.73 Å². The molecule has 0 radical (unpaired) electrons. The third-order valence-electron chi connectivity index (χ3n) is 3.22. The van der Waals surface area contributed by atoms with Gasteiger partial charge in [0.25, 0.3) is 5.91 Å². The van der Waals surface area contributed by atoms with Crippen LogP contribution < -0.4 is 15.8 Å². The summed E-state index contributed by atoms with van der Waals surface area (Å²) in [5.74, 6) is -0.505. The van der Waals surface area contributed by atoms with Gasteiger partial charge in [0.05, 0.1) is 10.6 Å². The van der Waals surface area contributed by atoms with Crippen LogP contribution in [0.4, 0.5) is 0 Å². The van der Waals surface area contributed by atoms with Crippen molar-refractivity contribution in [2.75, 3.05) is 0 Å². The lowest BCUT2D eigenvalue weighted by Gasteiger charge is -2.26. The van der Waals surface area contributed by atoms with Crippen LogP contribution in [0.2, 0.25) is 0 Å². The normalized spacial score (nSPS) is 12.8. The first kappa shape index (κ1) is 22.9. The molecule has 0 aromatic heterocycles. The maximum atomic E-state index is 12.8. The predicted octanol–water partition coefficient (Wildman–Crippen LogP) is 3.37. The molecule has 1 amide bonds. The average molecular weight is 395 g/mol. The van der Waals surface area contributed by atoms with Crippen LogP contribution in [0.5, 0.6) is 5.75 Å². The van der Waals surface area contributed by atoms with Gasteiger partial charge in [0.15, 0.2) is 0 Å². The Morgan fingerprint density at radius 2 is 1.70 bits per heavy atom. The van der Waals surface area contributed by atoms with E-state index >= 15 is 0 Å². The van der Waals surface area contributed by atoms with Crippen molar-refractivity contribution >= 4 is 29.1 Å². The summed E-state index contributed by atoms with van der Waals surface area (Å²) in [5, 5.41) is 2.73. The summed E-state index contributed by atoms with van der Waals surface area (Å²) in [7, 11) is 0. The van der Waals surface area contributed by atoms with Crippen molar-refractivity contribution in [2.45, 2.75) is 71.6 Å². The number of rotatable bonds is 7. The van der Waals surface area contributed by atoms with Crippen LogP contribution >= 0.6 is 12.2 Å². The van der Waals surface area contributed by atoms with Crippen molar-refractivity contribution in [3.63, 3.8) is 0 Å². The molecule has 0 aliphatic rings. The Balaban J connectivity index is 3.02. The number of amides is 1. The van der Waals surface area contributed by atoms with Crippen molar-refractivity contribution < 1.29 is 19.1 Å². The van der Waals surface area contributed by atoms with E-state index in [-0.39, 0.29) is 11.4 Å². The molecule has 150 valence electrons. The molecule has 1 aromatic carbocycles. The summed E-state index contributed by atoms with van der Waals surface area (Å²) in [6.07, 6.45) is 0.581. The second kappa shape index (κ2) is 9.17. The van der Waals surface area contributed by atoms with E-state index in [1.54, 1.807) is 45.0 Å². The molecular formula is C20H30N2O4S. The molecule has 0 fully saturated rings. The second-order valence-corrected chi connectivity index (χ2v) is 8.80. The maximum Gasteiger partial charge on any atom is 0.329 e. The minimum Gasteiger partial charge on any atom is -0.487 e. The number of ether oxygens (including phenoxy) is 2. The quantitative estimate of drug-likeness (QED) is 0.544. The maximum absolute atomic E-state index is 12.8. The Bertz CT molecular complexity index is 690. The van der Waals surface area contributed by atoms with Crippen molar-refractivity contribution in [3.05, 3.63) is 29.8 Å². The summed E-state index contributed by atoms with van der Waals surface area (Å²) in [4.78, 5) is 25.6. The predicted molar refractivity (Wildman–Crippen MR) is 110 cm³/mol. The molecule has 1 rings (SSSR count). The minimum atomic E-state index is -0.860. The van der Waals surface area contributed by atoms with Crippen LogP contribution in [-0.4, -0.2) is 34.1 Å². The van der Waals surface area contributed by atoms with Crippen molar-refractivity contribution in [1.29, 1.82) is 0 Å². The van der Waals surface area contributed by atoms with Gasteiger partial charge in [-0.25, -0.2) is 4.79 Å². The number of para-hydroxylation sites is 1. The smallest absolute Gasteiger partial charge is 0.329 e. The van der Waals surface area contributed by atoms with Gasteiger partial charge in [-0.05, 0) is 60.1 Å². The zero-order valence-corrected chi connectivity index (χ0v) is 17.7. The topological polar surface area (TPSA) is 90.6 Å². The van der Waals surface area contributed by atoms with Gasteiger partial charge >= 0.3 is 5.97 Å². The zero-order chi connectivity index (χ0) is 20.8. The Kier molecular flexibility index (Phi) is 7.77. The highest BCUT2D eigenvalue weighted by atomic mass is 32.1. The highest BCUT2D eigenvalue weighted by Gasteiger charge is 2.28. The largest absolute Gasteiger partial charge is 0.487 e. The number of esters is 1. The monoisotopic (exact) mass is 394 g/mol. The number of nitrogens with one attached hydrogen (secondary N) is 1. The molecule has 0 aliphatic heterocycles. The van der Waals surface area contributed by atoms with Gasteiger partial charge in [-0.2, -0.15) is 0 Å². The SMILES string of the molecule is CC(C)(C)OC(=O)C(CCC(N)=S)NC(=O)c1ccccc1OC(C)(C)C. The van der Waals surface area contributed by atoms with Gasteiger partial charge in [-0.15, -0.1) is 0 Å². The van der Waals surface area contributed by atoms with E-state index < -0.39 is 29.1 Å². The highest BCUT2D eigenvalue weighted by molar-refractivity contribution is 7.80. The first-order valence-electron chi connectivity index (χ1n) is 8.88. The molecule has 0 aliphatic carbocycles. The van der Waals surface area contributed by atoms with Crippen LogP contribution in [0.3, 0.4) is 0 Å². The standard InChI is InChI=1S/C20H30N2O4S/c1-19(2,3)25-15-10-8-7-9-13(15)17(23)22-14(11-12-16(21)27)18(24)26-20(4,5)6/h7-10,14H,11-12H2,1-6H3,(H2,21,27)(H,22,23). The van der Waals surface area contributed by atoms with Crippen LogP contribution in [-0.2, 0) is 9.53 Å². The van der Waals surface area contributed by atoms with Crippen LogP contribution in [0.25, 0.3) is 0 Å². The van der Waals surface area contributed by atoms with E-state index in [4.69, 9.17) is 27.4 Å². The Labute approximate surface area is 166 Å². The number of hydrogen-bond donors (Lipinski definition) is 2. The van der Waals surface area contributed by atoms with Crippen LogP contribution in [0.1, 0.15) is 64.7 Å². The molecule has 0 spiro atoms. The molecule has 6 nitrogen and oxygen atoms in total. The molecule has 0 saturated heterocycles. The van der Waals surface area contributed by atoms with E-state index in [9.17, 15) is 9.59 Å². The molecule has 0 bridgehead atoms. The second-order valence-electron chi connectivity index (χ2n) is 8.28. The molecule has 3 N–H and O–H groups in total. The first-order chi connectivity index (χ1) is 12.3. The molecule has 1 atom stereocenters. The van der Waals surface area contributed by atoms with Crippen molar-refractivity contribution in [1.82, 2.24) is 5.32 Å². The van der Waals surface area contributed by atoms with Gasteiger partial charge < -0.3 is 20.5 Å². The fourth-order valence-corrected chi connectivity index (χ4v) is 2.34. The lowest BCUT2D eigenvalue weighted by Crippen LogP contribution is -2.44. The molecule has 0 heterocycles. The number of hydrogen-bond acceptors (Lipinski definition) is 5. The number of carbonyl (C=O) groups is 2. The average Bonchev–Trinajstić information content (AvgIpc) is 2.48. The van der Waals surface area contributed by atoms with E-state index in [0.29, 0.717) is 17.7 Å². The number of carbonyl (C=O) groups excluding carboxylic acids is 2. The van der Waals surface area contributed by atoms with Gasteiger partial charge in [0.1, 0.15) is 23.0 Å². The molecule has 1 aromatic rings. The van der Waals surface area contributed by atoms with E-state index in [1.807, 2.05) is 20.8 Å². The Hall–Kier alpha value is -2.15. The number of nitrogens with two attached hydrogens (primary N) is 1. The fourth-order valence-electron chi connectivity index (χ4n) is 2.22. The molecule has 7 heteroatoms. The molecule has 0 saturated carbocycles. The van der Waals surface area contributed by atoms with Crippen molar-refractivity contribution in [3.8, 4) is 5.75 Å². The van der Waals surface area contributed by atoms with E-state index in [2.05, 4.69) is 5.32 Å². The third-order valence-corrected chi connectivity index (χ3v) is 3.43. The Morgan fingerprint density at radius 1 is 1.11 bits per heavy atom. The summed E-state index contributed by atoms with van der Waals surface area (Å²) in [6, 6.07) is 6.03. The first-order valence-corrected chi connectivity index (χ1v) is 9.29.